The number of ether oxygens (including phenoxy) is 1. The summed E-state index contributed by atoms with van der Waals surface area (Å²) in [5.41, 5.74) is -0.494. The Kier molecular flexibility index (Phi) is 5.32. The van der Waals surface area contributed by atoms with Crippen LogP contribution in [0.25, 0.3) is 0 Å². The molecule has 1 aliphatic carbocycles. The Morgan fingerprint density at radius 2 is 2.00 bits per heavy atom. The third-order valence-corrected chi connectivity index (χ3v) is 4.30. The number of carbonyl (C=O) groups excluding carboxylic acids is 3. The van der Waals surface area contributed by atoms with Crippen molar-refractivity contribution >= 4 is 17.7 Å². The number of amides is 1. The molecule has 1 saturated carbocycles. The maximum absolute atomic E-state index is 12.5. The Bertz CT molecular complexity index is 623. The van der Waals surface area contributed by atoms with Gasteiger partial charge in [0.2, 0.25) is 0 Å². The van der Waals surface area contributed by atoms with E-state index in [0.717, 1.165) is 5.56 Å². The molecule has 1 fully saturated rings. The molecule has 1 aliphatic rings. The maximum atomic E-state index is 12.5. The molecule has 5 heteroatoms. The van der Waals surface area contributed by atoms with Crippen LogP contribution in [0.4, 0.5) is 4.79 Å². The molecular formula is C18H21NO4. The smallest absolute Gasteiger partial charge is 0.412 e. The third-order valence-electron chi connectivity index (χ3n) is 4.30. The van der Waals surface area contributed by atoms with Crippen LogP contribution in [-0.4, -0.2) is 17.7 Å². The lowest BCUT2D eigenvalue weighted by molar-refractivity contribution is -0.139. The largest absolute Gasteiger partial charge is 0.419 e. The molecule has 0 bridgehead atoms. The third kappa shape index (κ3) is 3.33. The molecule has 2 atom stereocenters. The van der Waals surface area contributed by atoms with Crippen molar-refractivity contribution in [1.82, 2.24) is 5.32 Å². The molecular weight excluding hydrogens is 294 g/mol. The van der Waals surface area contributed by atoms with Gasteiger partial charge in [-0.25, -0.2) is 4.79 Å². The first kappa shape index (κ1) is 16.9. The first-order valence-electron chi connectivity index (χ1n) is 7.70. The van der Waals surface area contributed by atoms with E-state index in [1.165, 1.54) is 13.2 Å². The van der Waals surface area contributed by atoms with E-state index in [1.54, 1.807) is 25.1 Å². The highest BCUT2D eigenvalue weighted by molar-refractivity contribution is 6.08. The summed E-state index contributed by atoms with van der Waals surface area (Å²) in [5, 5.41) is 2.71. The average Bonchev–Trinajstić information content (AvgIpc) is 2.94. The van der Waals surface area contributed by atoms with Crippen LogP contribution in [0, 0.1) is 5.41 Å². The summed E-state index contributed by atoms with van der Waals surface area (Å²) in [5.74, 6) is -0.342. The van der Waals surface area contributed by atoms with Crippen LogP contribution >= 0.6 is 0 Å². The second-order valence-electron chi connectivity index (χ2n) is 5.67. The van der Waals surface area contributed by atoms with E-state index in [0.29, 0.717) is 19.3 Å². The quantitative estimate of drug-likeness (QED) is 0.668. The second kappa shape index (κ2) is 7.22. The predicted octanol–water partition coefficient (Wildman–Crippen LogP) is 3.32. The van der Waals surface area contributed by atoms with Crippen molar-refractivity contribution in [3.63, 3.8) is 0 Å². The summed E-state index contributed by atoms with van der Waals surface area (Å²) in [6, 6.07) is 8.35. The van der Waals surface area contributed by atoms with Crippen LogP contribution in [0.15, 0.2) is 42.7 Å². The second-order valence-corrected chi connectivity index (χ2v) is 5.67. The Labute approximate surface area is 135 Å². The fourth-order valence-corrected chi connectivity index (χ4v) is 3.19. The van der Waals surface area contributed by atoms with E-state index in [2.05, 4.69) is 5.32 Å². The number of allylic oxidation sites excluding steroid dienone is 1. The molecule has 0 saturated heterocycles. The summed E-state index contributed by atoms with van der Waals surface area (Å²) in [4.78, 5) is 36.9. The van der Waals surface area contributed by atoms with Crippen LogP contribution in [0.3, 0.4) is 0 Å². The average molecular weight is 315 g/mol. The maximum Gasteiger partial charge on any atom is 0.412 e. The van der Waals surface area contributed by atoms with E-state index < -0.39 is 17.6 Å². The number of carbonyl (C=O) groups is 3. The molecule has 122 valence electrons. The summed E-state index contributed by atoms with van der Waals surface area (Å²) in [7, 11) is 0. The van der Waals surface area contributed by atoms with Crippen molar-refractivity contribution in [3.8, 4) is 0 Å². The van der Waals surface area contributed by atoms with E-state index in [1.807, 2.05) is 18.2 Å². The molecule has 1 unspecified atom stereocenters. The number of rotatable bonds is 5. The fraction of sp³-hybridized carbons (Fsp3) is 0.389. The van der Waals surface area contributed by atoms with Crippen LogP contribution in [0.5, 0.6) is 0 Å². The summed E-state index contributed by atoms with van der Waals surface area (Å²) >= 11 is 0. The highest BCUT2D eigenvalue weighted by Gasteiger charge is 2.53. The van der Waals surface area contributed by atoms with Gasteiger partial charge in [0.05, 0.1) is 12.3 Å². The number of alkyl carbamates (subject to hydrolysis) is 1. The van der Waals surface area contributed by atoms with Crippen LogP contribution < -0.4 is 5.32 Å². The van der Waals surface area contributed by atoms with E-state index in [-0.39, 0.29) is 11.6 Å². The van der Waals surface area contributed by atoms with Gasteiger partial charge in [-0.2, -0.15) is 0 Å². The lowest BCUT2D eigenvalue weighted by Crippen LogP contribution is -2.47. The number of benzene rings is 1. The van der Waals surface area contributed by atoms with Crippen molar-refractivity contribution in [3.05, 3.63) is 48.2 Å². The zero-order valence-corrected chi connectivity index (χ0v) is 13.4. The van der Waals surface area contributed by atoms with E-state index >= 15 is 0 Å². The summed E-state index contributed by atoms with van der Waals surface area (Å²) < 4.78 is 4.91. The van der Waals surface area contributed by atoms with Gasteiger partial charge in [0.25, 0.3) is 0 Å². The first-order chi connectivity index (χ1) is 11.0. The highest BCUT2D eigenvalue weighted by atomic mass is 16.5. The number of nitrogens with one attached hydrogen (secondary N) is 1. The SMILES string of the molecule is C/C=C/OC(=O)NC(c1ccccc1)[C@]1(C(C)=O)CCCC1=O. The zero-order chi connectivity index (χ0) is 16.9. The van der Waals surface area contributed by atoms with Crippen molar-refractivity contribution in [2.45, 2.75) is 39.2 Å². The van der Waals surface area contributed by atoms with E-state index in [9.17, 15) is 14.4 Å². The minimum Gasteiger partial charge on any atom is -0.419 e. The summed E-state index contributed by atoms with van der Waals surface area (Å²) in [6.45, 7) is 3.14. The van der Waals surface area contributed by atoms with Crippen LogP contribution in [0.2, 0.25) is 0 Å². The standard InChI is InChI=1S/C18H21NO4/c1-3-12-23-17(22)19-16(14-8-5-4-6-9-14)18(13(2)20)11-7-10-15(18)21/h3-6,8-9,12,16H,7,10-11H2,1-2H3,(H,19,22)/b12-3+/t16?,18-/m0/s1. The normalized spacial score (nSPS) is 22.1. The Morgan fingerprint density at radius 3 is 2.52 bits per heavy atom. The molecule has 0 radical (unpaired) electrons. The van der Waals surface area contributed by atoms with Gasteiger partial charge in [-0.3, -0.25) is 9.59 Å². The van der Waals surface area contributed by atoms with Crippen molar-refractivity contribution in [2.24, 2.45) is 5.41 Å². The van der Waals surface area contributed by atoms with Gasteiger partial charge < -0.3 is 10.1 Å². The first-order valence-corrected chi connectivity index (χ1v) is 7.70. The highest BCUT2D eigenvalue weighted by Crippen LogP contribution is 2.46. The number of hydrogen-bond acceptors (Lipinski definition) is 4. The molecule has 0 aromatic heterocycles. The van der Waals surface area contributed by atoms with Crippen molar-refractivity contribution in [1.29, 1.82) is 0 Å². The van der Waals surface area contributed by atoms with Crippen LogP contribution in [-0.2, 0) is 14.3 Å². The van der Waals surface area contributed by atoms with Crippen molar-refractivity contribution < 1.29 is 19.1 Å². The number of hydrogen-bond donors (Lipinski definition) is 1. The van der Waals surface area contributed by atoms with Gasteiger partial charge in [0.15, 0.2) is 0 Å². The predicted molar refractivity (Wildman–Crippen MR) is 85.6 cm³/mol. The van der Waals surface area contributed by atoms with Crippen LogP contribution in [0.1, 0.15) is 44.7 Å². The molecule has 0 aliphatic heterocycles. The molecule has 1 N–H and O–H groups in total. The number of ketones is 2. The van der Waals surface area contributed by atoms with Gasteiger partial charge >= 0.3 is 6.09 Å². The van der Waals surface area contributed by atoms with Gasteiger partial charge in [0.1, 0.15) is 17.0 Å². The summed E-state index contributed by atoms with van der Waals surface area (Å²) in [6.07, 6.45) is 3.59. The Morgan fingerprint density at radius 1 is 1.30 bits per heavy atom. The van der Waals surface area contributed by atoms with Crippen molar-refractivity contribution in [2.75, 3.05) is 0 Å². The lowest BCUT2D eigenvalue weighted by Gasteiger charge is -2.34. The fourth-order valence-electron chi connectivity index (χ4n) is 3.19. The molecule has 1 aromatic carbocycles. The van der Waals surface area contributed by atoms with E-state index in [4.69, 9.17) is 4.74 Å². The number of Topliss-reactive ketones (excluding diaryl/α,β-unsaturated/α-hetero) is 2. The lowest BCUT2D eigenvalue weighted by atomic mass is 9.72. The zero-order valence-electron chi connectivity index (χ0n) is 13.4. The molecule has 1 amide bonds. The van der Waals surface area contributed by atoms with Gasteiger partial charge in [0, 0.05) is 6.42 Å². The van der Waals surface area contributed by atoms with Gasteiger partial charge in [-0.15, -0.1) is 0 Å². The Hall–Kier alpha value is -2.43. The molecule has 0 heterocycles. The molecule has 1 aromatic rings. The van der Waals surface area contributed by atoms with Gasteiger partial charge in [-0.05, 0) is 32.3 Å². The molecule has 0 spiro atoms. The monoisotopic (exact) mass is 315 g/mol. The molecule has 23 heavy (non-hydrogen) atoms. The topological polar surface area (TPSA) is 72.5 Å². The molecule has 2 rings (SSSR count). The van der Waals surface area contributed by atoms with Gasteiger partial charge in [-0.1, -0.05) is 36.4 Å². The Balaban J connectivity index is 2.42. The minimum absolute atomic E-state index is 0.120. The molecule has 5 nitrogen and oxygen atoms in total. The minimum atomic E-state index is -1.21.